The van der Waals surface area contributed by atoms with E-state index in [2.05, 4.69) is 10.4 Å². The number of carbonyl (C=O) groups is 1. The molecule has 0 atom stereocenters. The first-order chi connectivity index (χ1) is 12.1. The van der Waals surface area contributed by atoms with Crippen LogP contribution in [0.1, 0.15) is 12.0 Å². The molecule has 2 aromatic heterocycles. The molecule has 1 N–H and O–H groups in total. The number of pyridine rings is 1. The predicted molar refractivity (Wildman–Crippen MR) is 99.0 cm³/mol. The molecule has 0 aliphatic carbocycles. The molecular formula is C18H20N4O2S. The molecule has 0 aliphatic rings. The summed E-state index contributed by atoms with van der Waals surface area (Å²) in [4.78, 5) is 25.2. The van der Waals surface area contributed by atoms with E-state index in [0.717, 1.165) is 4.90 Å². The Balaban J connectivity index is 1.43. The Bertz CT molecular complexity index is 932. The molecular weight excluding hydrogens is 336 g/mol. The number of fused-ring (bicyclic) bond motifs is 1. The van der Waals surface area contributed by atoms with Gasteiger partial charge in [0.15, 0.2) is 5.65 Å². The van der Waals surface area contributed by atoms with Crippen LogP contribution >= 0.6 is 11.8 Å². The molecule has 0 unspecified atom stereocenters. The van der Waals surface area contributed by atoms with Gasteiger partial charge < -0.3 is 5.32 Å². The minimum absolute atomic E-state index is 0.00407. The summed E-state index contributed by atoms with van der Waals surface area (Å²) in [7, 11) is 0. The van der Waals surface area contributed by atoms with Crippen LogP contribution in [0.15, 0.2) is 58.4 Å². The summed E-state index contributed by atoms with van der Waals surface area (Å²) >= 11 is 1.53. The molecule has 3 rings (SSSR count). The Morgan fingerprint density at radius 2 is 2.00 bits per heavy atom. The number of aryl methyl sites for hydroxylation is 2. The summed E-state index contributed by atoms with van der Waals surface area (Å²) in [5.41, 5.74) is 1.65. The van der Waals surface area contributed by atoms with E-state index in [4.69, 9.17) is 0 Å². The quantitative estimate of drug-likeness (QED) is 0.520. The van der Waals surface area contributed by atoms with Gasteiger partial charge in [-0.05, 0) is 37.1 Å². The molecule has 0 radical (unpaired) electrons. The second-order valence-electron chi connectivity index (χ2n) is 5.69. The third kappa shape index (κ3) is 4.30. The SMILES string of the molecule is Cc1ccccc1SCC(=O)NCCCn1nc2ccccn2c1=O. The van der Waals surface area contributed by atoms with Crippen LogP contribution in [0, 0.1) is 6.92 Å². The molecule has 0 saturated carbocycles. The minimum atomic E-state index is -0.156. The molecule has 0 saturated heterocycles. The van der Waals surface area contributed by atoms with Crippen LogP contribution in [0.25, 0.3) is 5.65 Å². The van der Waals surface area contributed by atoms with Crippen molar-refractivity contribution in [3.8, 4) is 0 Å². The Kier molecular flexibility index (Phi) is 5.55. The fourth-order valence-corrected chi connectivity index (χ4v) is 3.34. The van der Waals surface area contributed by atoms with E-state index >= 15 is 0 Å². The summed E-state index contributed by atoms with van der Waals surface area (Å²) < 4.78 is 2.95. The number of carbonyl (C=O) groups excluding carboxylic acids is 1. The minimum Gasteiger partial charge on any atom is -0.355 e. The lowest BCUT2D eigenvalue weighted by Gasteiger charge is -2.06. The highest BCUT2D eigenvalue weighted by Crippen LogP contribution is 2.21. The predicted octanol–water partition coefficient (Wildman–Crippen LogP) is 2.10. The molecule has 2 heterocycles. The largest absolute Gasteiger partial charge is 0.355 e. The number of aromatic nitrogens is 3. The number of amides is 1. The van der Waals surface area contributed by atoms with Crippen molar-refractivity contribution in [2.45, 2.75) is 24.8 Å². The van der Waals surface area contributed by atoms with Crippen LogP contribution in [0.2, 0.25) is 0 Å². The highest BCUT2D eigenvalue weighted by Gasteiger charge is 2.07. The monoisotopic (exact) mass is 356 g/mol. The van der Waals surface area contributed by atoms with Gasteiger partial charge in [0.1, 0.15) is 0 Å². The molecule has 0 spiro atoms. The lowest BCUT2D eigenvalue weighted by molar-refractivity contribution is -0.118. The number of rotatable bonds is 7. The van der Waals surface area contributed by atoms with Gasteiger partial charge in [-0.25, -0.2) is 9.48 Å². The third-order valence-electron chi connectivity index (χ3n) is 3.81. The molecule has 0 aliphatic heterocycles. The smallest absolute Gasteiger partial charge is 0.350 e. The van der Waals surface area contributed by atoms with Crippen LogP contribution in [-0.2, 0) is 11.3 Å². The molecule has 0 bridgehead atoms. The number of nitrogens with one attached hydrogen (secondary N) is 1. The summed E-state index contributed by atoms with van der Waals surface area (Å²) in [6.45, 7) is 3.03. The number of hydrogen-bond donors (Lipinski definition) is 1. The molecule has 1 amide bonds. The Labute approximate surface area is 149 Å². The van der Waals surface area contributed by atoms with Crippen molar-refractivity contribution in [1.82, 2.24) is 19.5 Å². The van der Waals surface area contributed by atoms with E-state index in [1.807, 2.05) is 37.3 Å². The average Bonchev–Trinajstić information content (AvgIpc) is 2.94. The second kappa shape index (κ2) is 8.02. The number of nitrogens with zero attached hydrogens (tertiary/aromatic N) is 3. The van der Waals surface area contributed by atoms with Crippen molar-refractivity contribution in [2.24, 2.45) is 0 Å². The van der Waals surface area contributed by atoms with Crippen LogP contribution in [0.3, 0.4) is 0 Å². The van der Waals surface area contributed by atoms with Crippen molar-refractivity contribution in [1.29, 1.82) is 0 Å². The average molecular weight is 356 g/mol. The molecule has 3 aromatic rings. The van der Waals surface area contributed by atoms with E-state index in [-0.39, 0.29) is 11.6 Å². The van der Waals surface area contributed by atoms with Crippen molar-refractivity contribution in [3.05, 3.63) is 64.7 Å². The van der Waals surface area contributed by atoms with Crippen molar-refractivity contribution >= 4 is 23.3 Å². The zero-order chi connectivity index (χ0) is 17.6. The molecule has 1 aromatic carbocycles. The Morgan fingerprint density at radius 3 is 2.80 bits per heavy atom. The van der Waals surface area contributed by atoms with Crippen LogP contribution in [0.5, 0.6) is 0 Å². The molecule has 6 nitrogen and oxygen atoms in total. The summed E-state index contributed by atoms with van der Waals surface area (Å²) in [6.07, 6.45) is 2.36. The molecule has 25 heavy (non-hydrogen) atoms. The van der Waals surface area contributed by atoms with E-state index in [0.29, 0.717) is 30.9 Å². The van der Waals surface area contributed by atoms with Crippen molar-refractivity contribution in [2.75, 3.05) is 12.3 Å². The first-order valence-corrected chi connectivity index (χ1v) is 9.13. The standard InChI is InChI=1S/C18H20N4O2S/c1-14-7-2-3-8-15(14)25-13-17(23)19-10-6-12-22-18(24)21-11-5-4-9-16(21)20-22/h2-5,7-9,11H,6,10,12-13H2,1H3,(H,19,23). The van der Waals surface area contributed by atoms with Gasteiger partial charge in [-0.2, -0.15) is 0 Å². The highest BCUT2D eigenvalue weighted by atomic mass is 32.2. The maximum Gasteiger partial charge on any atom is 0.350 e. The van der Waals surface area contributed by atoms with Gasteiger partial charge in [-0.3, -0.25) is 9.20 Å². The first-order valence-electron chi connectivity index (χ1n) is 8.14. The summed E-state index contributed by atoms with van der Waals surface area (Å²) in [5.74, 6) is 0.384. The fourth-order valence-electron chi connectivity index (χ4n) is 2.48. The lowest BCUT2D eigenvalue weighted by Crippen LogP contribution is -2.28. The lowest BCUT2D eigenvalue weighted by atomic mass is 10.2. The van der Waals surface area contributed by atoms with E-state index in [1.54, 1.807) is 18.3 Å². The summed E-state index contributed by atoms with van der Waals surface area (Å²) in [6, 6.07) is 13.4. The Hall–Kier alpha value is -2.54. The van der Waals surface area contributed by atoms with Gasteiger partial charge in [-0.15, -0.1) is 16.9 Å². The number of hydrogen-bond acceptors (Lipinski definition) is 4. The van der Waals surface area contributed by atoms with Gasteiger partial charge in [0.2, 0.25) is 5.91 Å². The van der Waals surface area contributed by atoms with E-state index in [9.17, 15) is 9.59 Å². The van der Waals surface area contributed by atoms with Crippen LogP contribution in [-0.4, -0.2) is 32.4 Å². The number of benzene rings is 1. The normalized spacial score (nSPS) is 10.9. The molecule has 7 heteroatoms. The van der Waals surface area contributed by atoms with Crippen LogP contribution < -0.4 is 11.0 Å². The van der Waals surface area contributed by atoms with Crippen molar-refractivity contribution in [3.63, 3.8) is 0 Å². The number of thioether (sulfide) groups is 1. The fraction of sp³-hybridized carbons (Fsp3) is 0.278. The zero-order valence-corrected chi connectivity index (χ0v) is 14.8. The Morgan fingerprint density at radius 1 is 1.20 bits per heavy atom. The molecule has 130 valence electrons. The maximum absolute atomic E-state index is 12.1. The van der Waals surface area contributed by atoms with Gasteiger partial charge in [0.05, 0.1) is 5.75 Å². The van der Waals surface area contributed by atoms with Gasteiger partial charge >= 0.3 is 5.69 Å². The summed E-state index contributed by atoms with van der Waals surface area (Å²) in [5, 5.41) is 7.15. The van der Waals surface area contributed by atoms with E-state index in [1.165, 1.54) is 26.4 Å². The maximum atomic E-state index is 12.1. The van der Waals surface area contributed by atoms with E-state index < -0.39 is 0 Å². The van der Waals surface area contributed by atoms with Gasteiger partial charge in [0.25, 0.3) is 0 Å². The molecule has 0 fully saturated rings. The van der Waals surface area contributed by atoms with Crippen molar-refractivity contribution < 1.29 is 4.79 Å². The first kappa shape index (κ1) is 17.3. The van der Waals surface area contributed by atoms with Gasteiger partial charge in [-0.1, -0.05) is 24.3 Å². The third-order valence-corrected chi connectivity index (χ3v) is 4.99. The highest BCUT2D eigenvalue weighted by molar-refractivity contribution is 8.00. The zero-order valence-electron chi connectivity index (χ0n) is 14.0. The topological polar surface area (TPSA) is 68.4 Å². The van der Waals surface area contributed by atoms with Crippen LogP contribution in [0.4, 0.5) is 0 Å². The second-order valence-corrected chi connectivity index (χ2v) is 6.71. The van der Waals surface area contributed by atoms with Gasteiger partial charge in [0, 0.05) is 24.2 Å².